The number of aromatic nitrogens is 2. The molecule has 2 atom stereocenters. The number of nitrogens with two attached hydrogens (primary N) is 1. The van der Waals surface area contributed by atoms with E-state index in [4.69, 9.17) is 19.4 Å². The minimum atomic E-state index is -4.64. The van der Waals surface area contributed by atoms with Crippen LogP contribution < -0.4 is 16.0 Å². The fraction of sp³-hybridized carbons (Fsp3) is 0.250. The molecule has 4 heterocycles. The maximum Gasteiger partial charge on any atom is 0.433 e. The Hall–Kier alpha value is -4.43. The van der Waals surface area contributed by atoms with Crippen LogP contribution in [-0.4, -0.2) is 51.9 Å². The number of furan rings is 1. The van der Waals surface area contributed by atoms with Gasteiger partial charge in [-0.05, 0) is 37.3 Å². The Morgan fingerprint density at radius 1 is 1.21 bits per heavy atom. The van der Waals surface area contributed by atoms with Gasteiger partial charge >= 0.3 is 6.18 Å². The highest BCUT2D eigenvalue weighted by atomic mass is 19.4. The summed E-state index contributed by atoms with van der Waals surface area (Å²) in [7, 11) is 0. The quantitative estimate of drug-likeness (QED) is 0.352. The highest BCUT2D eigenvalue weighted by Gasteiger charge is 2.49. The Kier molecular flexibility index (Phi) is 6.07. The summed E-state index contributed by atoms with van der Waals surface area (Å²) in [5, 5.41) is 17.7. The largest absolute Gasteiger partial charge is 0.440 e. The molecule has 14 heteroatoms. The molecule has 0 saturated carbocycles. The van der Waals surface area contributed by atoms with Crippen LogP contribution in [0, 0.1) is 0 Å². The van der Waals surface area contributed by atoms with Crippen molar-refractivity contribution in [3.05, 3.63) is 54.4 Å². The number of aliphatic hydroxyl groups is 1. The molecule has 3 aromatic heterocycles. The van der Waals surface area contributed by atoms with Crippen LogP contribution in [0.2, 0.25) is 0 Å². The number of benzene rings is 1. The van der Waals surface area contributed by atoms with Crippen molar-refractivity contribution in [3.8, 4) is 11.3 Å². The lowest BCUT2D eigenvalue weighted by Crippen LogP contribution is -2.61. The van der Waals surface area contributed by atoms with E-state index in [0.29, 0.717) is 11.0 Å². The van der Waals surface area contributed by atoms with E-state index in [2.05, 4.69) is 15.5 Å². The van der Waals surface area contributed by atoms with Crippen molar-refractivity contribution in [2.24, 2.45) is 0 Å². The maximum absolute atomic E-state index is 13.2. The van der Waals surface area contributed by atoms with Crippen molar-refractivity contribution in [3.63, 3.8) is 0 Å². The summed E-state index contributed by atoms with van der Waals surface area (Å²) < 4.78 is 55.3. The number of anilines is 3. The number of carbonyl (C=O) groups is 2. The first-order chi connectivity index (χ1) is 17.9. The number of nitrogens with zero attached hydrogens (tertiary/aromatic N) is 3. The lowest BCUT2D eigenvalue weighted by atomic mass is 9.95. The zero-order chi connectivity index (χ0) is 27.2. The van der Waals surface area contributed by atoms with Gasteiger partial charge in [0, 0.05) is 29.6 Å². The smallest absolute Gasteiger partial charge is 0.433 e. The Balaban J connectivity index is 1.34. The molecule has 1 fully saturated rings. The lowest BCUT2D eigenvalue weighted by Gasteiger charge is -2.37. The zero-order valence-corrected chi connectivity index (χ0v) is 19.7. The van der Waals surface area contributed by atoms with Gasteiger partial charge in [0.05, 0.1) is 18.5 Å². The number of nitrogens with one attached hydrogen (secondary N) is 1. The van der Waals surface area contributed by atoms with Crippen molar-refractivity contribution in [2.45, 2.75) is 24.8 Å². The number of carbonyl (C=O) groups excluding carboxylic acids is 2. The normalized spacial score (nSPS) is 18.0. The number of hydrogen-bond donors (Lipinski definition) is 3. The van der Waals surface area contributed by atoms with Crippen LogP contribution in [0.15, 0.2) is 57.6 Å². The number of ether oxygens (including phenoxy) is 1. The Bertz CT molecular complexity index is 1530. The average Bonchev–Trinajstić information content (AvgIpc) is 3.51. The van der Waals surface area contributed by atoms with E-state index in [9.17, 15) is 27.9 Å². The summed E-state index contributed by atoms with van der Waals surface area (Å²) in [4.78, 5) is 30.7. The summed E-state index contributed by atoms with van der Waals surface area (Å²) in [6, 6.07) is 9.51. The molecule has 38 heavy (non-hydrogen) atoms. The van der Waals surface area contributed by atoms with Crippen molar-refractivity contribution in [2.75, 3.05) is 29.1 Å². The number of alkyl halides is 3. The number of nitrogen functional groups attached to an aromatic ring is 1. The highest BCUT2D eigenvalue weighted by Crippen LogP contribution is 2.34. The van der Waals surface area contributed by atoms with Gasteiger partial charge in [0.2, 0.25) is 5.88 Å². The van der Waals surface area contributed by atoms with Gasteiger partial charge in [-0.3, -0.25) is 19.5 Å². The van der Waals surface area contributed by atoms with Crippen LogP contribution in [0.25, 0.3) is 22.3 Å². The molecular formula is C24H20F3N5O6. The van der Waals surface area contributed by atoms with Crippen molar-refractivity contribution < 1.29 is 41.5 Å². The van der Waals surface area contributed by atoms with E-state index in [1.807, 2.05) is 0 Å². The molecule has 1 aliphatic rings. The second-order valence-electron chi connectivity index (χ2n) is 8.69. The number of fused-ring (bicyclic) bond motifs is 1. The lowest BCUT2D eigenvalue weighted by molar-refractivity contribution is -0.165. The topological polar surface area (TPSA) is 157 Å². The molecule has 5 rings (SSSR count). The third-order valence-corrected chi connectivity index (χ3v) is 6.01. The zero-order valence-electron chi connectivity index (χ0n) is 19.7. The number of halogens is 3. The van der Waals surface area contributed by atoms with Gasteiger partial charge in [-0.25, -0.2) is 0 Å². The van der Waals surface area contributed by atoms with Crippen molar-refractivity contribution in [1.82, 2.24) is 10.1 Å². The standard InChI is InChI=1S/C24H20F3N5O6/c1-23(35,22(34)30-13-2-3-14-16(11-13)38-31-20(14)28)19-21(33)32(8-9-36-19)18-5-4-15(37-18)12-6-7-29-17(10-12)24(25,26)27/h2-7,10-11,19,35H,8-9H2,1H3,(H2,28,31)(H,30,34)/t19-,23?/m0/s1. The Morgan fingerprint density at radius 3 is 2.76 bits per heavy atom. The minimum Gasteiger partial charge on any atom is -0.440 e. The van der Waals surface area contributed by atoms with Crippen LogP contribution >= 0.6 is 0 Å². The van der Waals surface area contributed by atoms with Crippen LogP contribution in [0.5, 0.6) is 0 Å². The first kappa shape index (κ1) is 25.2. The average molecular weight is 531 g/mol. The number of morpholine rings is 1. The summed E-state index contributed by atoms with van der Waals surface area (Å²) in [5.74, 6) is -1.45. The van der Waals surface area contributed by atoms with Gasteiger partial charge in [-0.2, -0.15) is 13.2 Å². The number of amides is 2. The molecule has 0 aliphatic carbocycles. The molecule has 0 spiro atoms. The molecule has 4 N–H and O–H groups in total. The fourth-order valence-electron chi connectivity index (χ4n) is 3.98. The maximum atomic E-state index is 13.2. The van der Waals surface area contributed by atoms with Gasteiger partial charge in [-0.15, -0.1) is 0 Å². The van der Waals surface area contributed by atoms with Crippen molar-refractivity contribution >= 4 is 40.2 Å². The van der Waals surface area contributed by atoms with Crippen molar-refractivity contribution in [1.29, 1.82) is 0 Å². The van der Waals surface area contributed by atoms with Gasteiger partial charge in [0.1, 0.15) is 11.5 Å². The summed E-state index contributed by atoms with van der Waals surface area (Å²) >= 11 is 0. The van der Waals surface area contributed by atoms with Crippen LogP contribution in [0.4, 0.5) is 30.6 Å². The highest BCUT2D eigenvalue weighted by molar-refractivity contribution is 6.06. The van der Waals surface area contributed by atoms with E-state index in [-0.39, 0.29) is 41.9 Å². The molecule has 1 saturated heterocycles. The first-order valence-electron chi connectivity index (χ1n) is 11.2. The summed E-state index contributed by atoms with van der Waals surface area (Å²) in [5.41, 5.74) is 2.94. The molecule has 4 aromatic rings. The third kappa shape index (κ3) is 4.54. The molecule has 11 nitrogen and oxygen atoms in total. The van der Waals surface area contributed by atoms with E-state index < -0.39 is 35.4 Å². The monoisotopic (exact) mass is 531 g/mol. The van der Waals surface area contributed by atoms with Gasteiger partial charge in [-0.1, -0.05) is 5.16 Å². The van der Waals surface area contributed by atoms with E-state index in [1.54, 1.807) is 6.07 Å². The van der Waals surface area contributed by atoms with Crippen LogP contribution in [0.1, 0.15) is 12.6 Å². The Labute approximate surface area is 211 Å². The van der Waals surface area contributed by atoms with E-state index in [0.717, 1.165) is 24.1 Å². The molecule has 1 unspecified atom stereocenters. The molecular weight excluding hydrogens is 511 g/mol. The van der Waals surface area contributed by atoms with Gasteiger partial charge < -0.3 is 29.8 Å². The van der Waals surface area contributed by atoms with Gasteiger partial charge in [0.25, 0.3) is 11.8 Å². The third-order valence-electron chi connectivity index (χ3n) is 6.01. The van der Waals surface area contributed by atoms with E-state index in [1.165, 1.54) is 30.3 Å². The number of pyridine rings is 1. The van der Waals surface area contributed by atoms with Crippen LogP contribution in [-0.2, 0) is 20.5 Å². The molecule has 198 valence electrons. The number of rotatable bonds is 5. The SMILES string of the molecule is CC(O)(C(=O)Nc1ccc2c(N)noc2c1)[C@H]1OCCN(c2ccc(-c3ccnc(C(F)(F)F)c3)o2)C1=O. The summed E-state index contributed by atoms with van der Waals surface area (Å²) in [6.07, 6.45) is -5.24. The molecule has 0 radical (unpaired) electrons. The van der Waals surface area contributed by atoms with Gasteiger partial charge in [0.15, 0.2) is 23.1 Å². The first-order valence-corrected chi connectivity index (χ1v) is 11.2. The van der Waals surface area contributed by atoms with Crippen LogP contribution in [0.3, 0.4) is 0 Å². The fourth-order valence-corrected chi connectivity index (χ4v) is 3.98. The molecule has 1 aromatic carbocycles. The summed E-state index contributed by atoms with van der Waals surface area (Å²) in [6.45, 7) is 1.10. The molecule has 1 aliphatic heterocycles. The second kappa shape index (κ2) is 9.15. The Morgan fingerprint density at radius 2 is 2.00 bits per heavy atom. The predicted molar refractivity (Wildman–Crippen MR) is 127 cm³/mol. The molecule has 2 amide bonds. The second-order valence-corrected chi connectivity index (χ2v) is 8.69. The van der Waals surface area contributed by atoms with E-state index >= 15 is 0 Å². The number of hydrogen-bond acceptors (Lipinski definition) is 9. The predicted octanol–water partition coefficient (Wildman–Crippen LogP) is 3.21. The molecule has 0 bridgehead atoms. The minimum absolute atomic E-state index is 0.00763.